The summed E-state index contributed by atoms with van der Waals surface area (Å²) >= 11 is 0. The molecule has 2 amide bonds. The number of ether oxygens (including phenoxy) is 1. The lowest BCUT2D eigenvalue weighted by Gasteiger charge is -2.07. The zero-order valence-corrected chi connectivity index (χ0v) is 9.63. The Hall–Kier alpha value is -1.82. The van der Waals surface area contributed by atoms with Crippen LogP contribution >= 0.6 is 0 Å². The summed E-state index contributed by atoms with van der Waals surface area (Å²) in [6.07, 6.45) is 0. The summed E-state index contributed by atoms with van der Waals surface area (Å²) in [6, 6.07) is 4.21. The number of benzene rings is 1. The fourth-order valence-corrected chi connectivity index (χ4v) is 1.33. The Morgan fingerprint density at radius 1 is 1.47 bits per heavy atom. The van der Waals surface area contributed by atoms with Crippen LogP contribution in [0, 0.1) is 5.82 Å². The van der Waals surface area contributed by atoms with Gasteiger partial charge in [-0.3, -0.25) is 0 Å². The predicted molar refractivity (Wildman–Crippen MR) is 62.2 cm³/mol. The van der Waals surface area contributed by atoms with Crippen LogP contribution in [0.2, 0.25) is 0 Å². The van der Waals surface area contributed by atoms with Crippen LogP contribution in [0.25, 0.3) is 0 Å². The van der Waals surface area contributed by atoms with E-state index in [0.29, 0.717) is 19.6 Å². The smallest absolute Gasteiger partial charge is 0.312 e. The molecule has 0 aromatic heterocycles. The number of hydrogen-bond donors (Lipinski definition) is 3. The van der Waals surface area contributed by atoms with Gasteiger partial charge in [0.15, 0.2) is 11.6 Å². The average molecular weight is 241 g/mol. The van der Waals surface area contributed by atoms with E-state index in [-0.39, 0.29) is 11.6 Å². The summed E-state index contributed by atoms with van der Waals surface area (Å²) < 4.78 is 18.1. The van der Waals surface area contributed by atoms with Gasteiger partial charge in [0.05, 0.1) is 7.11 Å². The largest absolute Gasteiger partial charge is 0.494 e. The number of rotatable bonds is 6. The number of carbonyl (C=O) groups excluding carboxylic acids is 1. The predicted octanol–water partition coefficient (Wildman–Crippen LogP) is 0.592. The van der Waals surface area contributed by atoms with Crippen molar-refractivity contribution < 1.29 is 13.9 Å². The van der Waals surface area contributed by atoms with Crippen molar-refractivity contribution in [2.75, 3.05) is 20.2 Å². The van der Waals surface area contributed by atoms with E-state index >= 15 is 0 Å². The molecular weight excluding hydrogens is 225 g/mol. The number of carbonyl (C=O) groups is 1. The minimum absolute atomic E-state index is 0.226. The highest BCUT2D eigenvalue weighted by Gasteiger charge is 2.02. The summed E-state index contributed by atoms with van der Waals surface area (Å²) in [6.45, 7) is 1.52. The van der Waals surface area contributed by atoms with Crippen molar-refractivity contribution >= 4 is 6.03 Å². The van der Waals surface area contributed by atoms with E-state index in [1.54, 1.807) is 12.1 Å². The van der Waals surface area contributed by atoms with Crippen molar-refractivity contribution in [2.45, 2.75) is 6.54 Å². The normalized spacial score (nSPS) is 10.0. The Morgan fingerprint density at radius 2 is 2.24 bits per heavy atom. The van der Waals surface area contributed by atoms with Crippen LogP contribution in [-0.2, 0) is 6.54 Å². The number of primary amides is 1. The van der Waals surface area contributed by atoms with Gasteiger partial charge in [-0.1, -0.05) is 6.07 Å². The van der Waals surface area contributed by atoms with E-state index in [4.69, 9.17) is 10.5 Å². The topological polar surface area (TPSA) is 76.4 Å². The molecule has 6 heteroatoms. The van der Waals surface area contributed by atoms with E-state index in [1.807, 2.05) is 0 Å². The summed E-state index contributed by atoms with van der Waals surface area (Å²) in [5.41, 5.74) is 5.70. The van der Waals surface area contributed by atoms with Crippen molar-refractivity contribution in [1.29, 1.82) is 0 Å². The fourth-order valence-electron chi connectivity index (χ4n) is 1.33. The molecule has 0 fully saturated rings. The first-order valence-electron chi connectivity index (χ1n) is 5.20. The molecule has 0 atom stereocenters. The van der Waals surface area contributed by atoms with Gasteiger partial charge in [0.25, 0.3) is 0 Å². The fraction of sp³-hybridized carbons (Fsp3) is 0.364. The van der Waals surface area contributed by atoms with Crippen LogP contribution in [0.3, 0.4) is 0 Å². The van der Waals surface area contributed by atoms with Crippen molar-refractivity contribution in [2.24, 2.45) is 5.73 Å². The maximum absolute atomic E-state index is 13.3. The van der Waals surface area contributed by atoms with Crippen molar-refractivity contribution in [3.63, 3.8) is 0 Å². The standard InChI is InChI=1S/C11H16FN3O2/c1-17-10-3-2-8(6-9(10)12)7-14-4-5-15-11(13)16/h2-3,6,14H,4-5,7H2,1H3,(H3,13,15,16). The summed E-state index contributed by atoms with van der Waals surface area (Å²) in [5, 5.41) is 5.49. The molecule has 0 saturated carbocycles. The Balaban J connectivity index is 2.32. The Kier molecular flexibility index (Phi) is 5.22. The first kappa shape index (κ1) is 13.2. The van der Waals surface area contributed by atoms with Crippen molar-refractivity contribution in [3.05, 3.63) is 29.6 Å². The molecule has 0 saturated heterocycles. The third-order valence-corrected chi connectivity index (χ3v) is 2.15. The molecule has 1 rings (SSSR count). The molecule has 5 nitrogen and oxygen atoms in total. The lowest BCUT2D eigenvalue weighted by atomic mass is 10.2. The first-order valence-corrected chi connectivity index (χ1v) is 5.20. The van der Waals surface area contributed by atoms with E-state index < -0.39 is 6.03 Å². The molecule has 4 N–H and O–H groups in total. The minimum Gasteiger partial charge on any atom is -0.494 e. The number of nitrogens with two attached hydrogens (primary N) is 1. The van der Waals surface area contributed by atoms with Gasteiger partial charge >= 0.3 is 6.03 Å². The van der Waals surface area contributed by atoms with Crippen LogP contribution in [0.1, 0.15) is 5.56 Å². The molecule has 0 aliphatic heterocycles. The summed E-state index contributed by atoms with van der Waals surface area (Å²) in [4.78, 5) is 10.4. The van der Waals surface area contributed by atoms with Gasteiger partial charge in [0.1, 0.15) is 0 Å². The van der Waals surface area contributed by atoms with Gasteiger partial charge in [-0.25, -0.2) is 9.18 Å². The molecule has 0 aliphatic carbocycles. The maximum Gasteiger partial charge on any atom is 0.312 e. The number of hydrogen-bond acceptors (Lipinski definition) is 3. The summed E-state index contributed by atoms with van der Waals surface area (Å²) in [5.74, 6) is -0.161. The van der Waals surface area contributed by atoms with Crippen LogP contribution in [-0.4, -0.2) is 26.2 Å². The van der Waals surface area contributed by atoms with Gasteiger partial charge in [-0.15, -0.1) is 0 Å². The third-order valence-electron chi connectivity index (χ3n) is 2.15. The second-order valence-corrected chi connectivity index (χ2v) is 3.44. The second-order valence-electron chi connectivity index (χ2n) is 3.44. The lowest BCUT2D eigenvalue weighted by Crippen LogP contribution is -2.35. The first-order chi connectivity index (χ1) is 8.13. The van der Waals surface area contributed by atoms with Gasteiger partial charge in [0.2, 0.25) is 0 Å². The molecule has 0 spiro atoms. The molecular formula is C11H16FN3O2. The van der Waals surface area contributed by atoms with E-state index in [0.717, 1.165) is 5.56 Å². The van der Waals surface area contributed by atoms with Gasteiger partial charge in [-0.2, -0.15) is 0 Å². The van der Waals surface area contributed by atoms with Crippen molar-refractivity contribution in [1.82, 2.24) is 10.6 Å². The van der Waals surface area contributed by atoms with E-state index in [2.05, 4.69) is 10.6 Å². The van der Waals surface area contributed by atoms with E-state index in [1.165, 1.54) is 13.2 Å². The highest BCUT2D eigenvalue weighted by Crippen LogP contribution is 2.17. The zero-order valence-electron chi connectivity index (χ0n) is 9.63. The number of methoxy groups -OCH3 is 1. The number of nitrogens with one attached hydrogen (secondary N) is 2. The van der Waals surface area contributed by atoms with Crippen LogP contribution < -0.4 is 21.1 Å². The molecule has 17 heavy (non-hydrogen) atoms. The monoisotopic (exact) mass is 241 g/mol. The highest BCUT2D eigenvalue weighted by atomic mass is 19.1. The molecule has 1 aromatic carbocycles. The highest BCUT2D eigenvalue weighted by molar-refractivity contribution is 5.71. The minimum atomic E-state index is -0.553. The SMILES string of the molecule is COc1ccc(CNCCNC(N)=O)cc1F. The zero-order chi connectivity index (χ0) is 12.7. The average Bonchev–Trinajstić information content (AvgIpc) is 2.28. The Morgan fingerprint density at radius 3 is 2.82 bits per heavy atom. The lowest BCUT2D eigenvalue weighted by molar-refractivity contribution is 0.249. The number of halogens is 1. The second kappa shape index (κ2) is 6.70. The Labute approximate surface area is 99.1 Å². The van der Waals surface area contributed by atoms with Crippen molar-refractivity contribution in [3.8, 4) is 5.75 Å². The Bertz CT molecular complexity index is 385. The summed E-state index contributed by atoms with van der Waals surface area (Å²) in [7, 11) is 1.42. The third kappa shape index (κ3) is 4.69. The molecule has 0 aliphatic rings. The quantitative estimate of drug-likeness (QED) is 0.638. The van der Waals surface area contributed by atoms with Crippen LogP contribution in [0.4, 0.5) is 9.18 Å². The molecule has 0 radical (unpaired) electrons. The van der Waals surface area contributed by atoms with Crippen LogP contribution in [0.15, 0.2) is 18.2 Å². The van der Waals surface area contributed by atoms with Gasteiger partial charge < -0.3 is 21.1 Å². The van der Waals surface area contributed by atoms with Gasteiger partial charge in [-0.05, 0) is 17.7 Å². The molecule has 0 heterocycles. The molecule has 0 unspecified atom stereocenters. The van der Waals surface area contributed by atoms with Crippen LogP contribution in [0.5, 0.6) is 5.75 Å². The molecule has 1 aromatic rings. The molecule has 0 bridgehead atoms. The van der Waals surface area contributed by atoms with Gasteiger partial charge in [0, 0.05) is 19.6 Å². The maximum atomic E-state index is 13.3. The number of amides is 2. The molecule has 94 valence electrons. The van der Waals surface area contributed by atoms with E-state index in [9.17, 15) is 9.18 Å². The number of urea groups is 1.